The first-order valence-corrected chi connectivity index (χ1v) is 7.44. The number of carbonyl (C=O) groups excluding carboxylic acids is 1. The molecule has 0 saturated carbocycles. The van der Waals surface area contributed by atoms with Crippen molar-refractivity contribution in [1.82, 2.24) is 15.1 Å². The number of hydrogen-bond acceptors (Lipinski definition) is 3. The number of nitrogens with one attached hydrogen (secondary N) is 1. The number of para-hydroxylation sites is 1. The van der Waals surface area contributed by atoms with Gasteiger partial charge in [0.15, 0.2) is 0 Å². The van der Waals surface area contributed by atoms with Gasteiger partial charge in [0.2, 0.25) is 11.3 Å². The Balaban J connectivity index is 1.79. The van der Waals surface area contributed by atoms with Crippen LogP contribution < -0.4 is 10.7 Å². The molecule has 0 aliphatic rings. The van der Waals surface area contributed by atoms with Gasteiger partial charge in [-0.05, 0) is 24.6 Å². The predicted molar refractivity (Wildman–Crippen MR) is 89.0 cm³/mol. The number of nitrogens with zero attached hydrogens (tertiary/aromatic N) is 2. The Kier molecular flexibility index (Phi) is 4.19. The van der Waals surface area contributed by atoms with Crippen LogP contribution in [0.1, 0.15) is 18.5 Å². The Morgan fingerprint density at radius 2 is 1.83 bits per heavy atom. The van der Waals surface area contributed by atoms with Crippen molar-refractivity contribution in [3.63, 3.8) is 0 Å². The first-order valence-electron chi connectivity index (χ1n) is 7.44. The van der Waals surface area contributed by atoms with E-state index in [1.807, 2.05) is 43.3 Å². The van der Waals surface area contributed by atoms with Gasteiger partial charge in [-0.15, -0.1) is 0 Å². The molecule has 1 heterocycles. The SMILES string of the molecule is C[C@H](NC(=O)Cn1ncc(=O)c2ccccc21)c1ccccc1. The van der Waals surface area contributed by atoms with Gasteiger partial charge in [-0.3, -0.25) is 14.3 Å². The predicted octanol–water partition coefficient (Wildman–Crippen LogP) is 2.27. The van der Waals surface area contributed by atoms with Crippen LogP contribution >= 0.6 is 0 Å². The molecule has 0 aliphatic heterocycles. The van der Waals surface area contributed by atoms with E-state index in [-0.39, 0.29) is 23.9 Å². The molecule has 0 bridgehead atoms. The summed E-state index contributed by atoms with van der Waals surface area (Å²) in [5.74, 6) is -0.150. The quantitative estimate of drug-likeness (QED) is 0.804. The Labute approximate surface area is 133 Å². The Bertz CT molecular complexity index is 887. The Hall–Kier alpha value is -2.95. The van der Waals surface area contributed by atoms with Gasteiger partial charge >= 0.3 is 0 Å². The lowest BCUT2D eigenvalue weighted by molar-refractivity contribution is -0.122. The Morgan fingerprint density at radius 3 is 2.61 bits per heavy atom. The molecular formula is C18H17N3O2. The maximum atomic E-state index is 12.3. The highest BCUT2D eigenvalue weighted by Crippen LogP contribution is 2.12. The van der Waals surface area contributed by atoms with Gasteiger partial charge in [-0.25, -0.2) is 0 Å². The number of benzene rings is 2. The minimum Gasteiger partial charge on any atom is -0.348 e. The molecule has 3 aromatic rings. The molecule has 5 nitrogen and oxygen atoms in total. The van der Waals surface area contributed by atoms with Crippen molar-refractivity contribution < 1.29 is 4.79 Å². The van der Waals surface area contributed by atoms with E-state index in [0.29, 0.717) is 10.9 Å². The smallest absolute Gasteiger partial charge is 0.242 e. The molecule has 0 saturated heterocycles. The van der Waals surface area contributed by atoms with Crippen LogP contribution in [-0.2, 0) is 11.3 Å². The highest BCUT2D eigenvalue weighted by molar-refractivity contribution is 5.81. The number of carbonyl (C=O) groups is 1. The molecule has 0 spiro atoms. The van der Waals surface area contributed by atoms with Crippen LogP contribution in [0.25, 0.3) is 10.9 Å². The summed E-state index contributed by atoms with van der Waals surface area (Å²) in [5, 5.41) is 7.58. The summed E-state index contributed by atoms with van der Waals surface area (Å²) in [6, 6.07) is 16.8. The minimum absolute atomic E-state index is 0.0674. The fourth-order valence-corrected chi connectivity index (χ4v) is 2.54. The molecule has 0 radical (unpaired) electrons. The third-order valence-corrected chi connectivity index (χ3v) is 3.73. The van der Waals surface area contributed by atoms with E-state index in [0.717, 1.165) is 5.56 Å². The molecule has 3 rings (SSSR count). The molecule has 2 aromatic carbocycles. The summed E-state index contributed by atoms with van der Waals surface area (Å²) in [5.41, 5.74) is 1.55. The fourth-order valence-electron chi connectivity index (χ4n) is 2.54. The van der Waals surface area contributed by atoms with Crippen molar-refractivity contribution in [2.24, 2.45) is 0 Å². The molecule has 116 valence electrons. The van der Waals surface area contributed by atoms with Crippen LogP contribution in [0.4, 0.5) is 0 Å². The second kappa shape index (κ2) is 6.44. The molecule has 1 amide bonds. The third-order valence-electron chi connectivity index (χ3n) is 3.73. The fraction of sp³-hybridized carbons (Fsp3) is 0.167. The standard InChI is InChI=1S/C18H17N3O2/c1-13(14-7-3-2-4-8-14)20-18(23)12-21-16-10-6-5-9-15(16)17(22)11-19-21/h2-11,13H,12H2,1H3,(H,20,23)/t13-/m0/s1. The Morgan fingerprint density at radius 1 is 1.13 bits per heavy atom. The van der Waals surface area contributed by atoms with Crippen molar-refractivity contribution in [3.8, 4) is 0 Å². The topological polar surface area (TPSA) is 64.0 Å². The van der Waals surface area contributed by atoms with E-state index in [1.165, 1.54) is 6.20 Å². The van der Waals surface area contributed by atoms with Crippen molar-refractivity contribution >= 4 is 16.8 Å². The summed E-state index contributed by atoms with van der Waals surface area (Å²) >= 11 is 0. The van der Waals surface area contributed by atoms with Crippen molar-refractivity contribution in [2.75, 3.05) is 0 Å². The van der Waals surface area contributed by atoms with E-state index in [4.69, 9.17) is 0 Å². The van der Waals surface area contributed by atoms with Crippen LogP contribution in [0.2, 0.25) is 0 Å². The van der Waals surface area contributed by atoms with Gasteiger partial charge < -0.3 is 5.32 Å². The lowest BCUT2D eigenvalue weighted by Gasteiger charge is -2.15. The van der Waals surface area contributed by atoms with Crippen LogP contribution in [-0.4, -0.2) is 15.7 Å². The zero-order valence-electron chi connectivity index (χ0n) is 12.8. The molecule has 0 unspecified atom stereocenters. The van der Waals surface area contributed by atoms with E-state index < -0.39 is 0 Å². The summed E-state index contributed by atoms with van der Waals surface area (Å²) in [7, 11) is 0. The molecule has 1 N–H and O–H groups in total. The number of aromatic nitrogens is 2. The van der Waals surface area contributed by atoms with Crippen molar-refractivity contribution in [3.05, 3.63) is 76.6 Å². The summed E-state index contributed by atoms with van der Waals surface area (Å²) in [6.45, 7) is 2.00. The zero-order chi connectivity index (χ0) is 16.2. The average molecular weight is 307 g/mol. The third kappa shape index (κ3) is 3.29. The number of hydrogen-bond donors (Lipinski definition) is 1. The van der Waals surface area contributed by atoms with E-state index in [9.17, 15) is 9.59 Å². The van der Waals surface area contributed by atoms with Gasteiger partial charge in [0.05, 0.1) is 17.8 Å². The molecule has 5 heteroatoms. The van der Waals surface area contributed by atoms with Crippen LogP contribution in [0.15, 0.2) is 65.6 Å². The lowest BCUT2D eigenvalue weighted by Crippen LogP contribution is -2.31. The van der Waals surface area contributed by atoms with Crippen molar-refractivity contribution in [1.29, 1.82) is 0 Å². The van der Waals surface area contributed by atoms with E-state index in [2.05, 4.69) is 10.4 Å². The van der Waals surface area contributed by atoms with Gasteiger partial charge in [0, 0.05) is 5.39 Å². The number of fused-ring (bicyclic) bond motifs is 1. The molecule has 0 fully saturated rings. The summed E-state index contributed by atoms with van der Waals surface area (Å²) in [6.07, 6.45) is 1.25. The minimum atomic E-state index is -0.150. The molecular weight excluding hydrogens is 290 g/mol. The number of amides is 1. The first kappa shape index (κ1) is 15.0. The first-order chi connectivity index (χ1) is 11.1. The maximum Gasteiger partial charge on any atom is 0.242 e. The maximum absolute atomic E-state index is 12.3. The lowest BCUT2D eigenvalue weighted by atomic mass is 10.1. The average Bonchev–Trinajstić information content (AvgIpc) is 2.58. The van der Waals surface area contributed by atoms with Gasteiger partial charge in [-0.1, -0.05) is 42.5 Å². The van der Waals surface area contributed by atoms with Gasteiger partial charge in [-0.2, -0.15) is 5.10 Å². The van der Waals surface area contributed by atoms with Gasteiger partial charge in [0.1, 0.15) is 6.54 Å². The van der Waals surface area contributed by atoms with Gasteiger partial charge in [0.25, 0.3) is 0 Å². The molecule has 23 heavy (non-hydrogen) atoms. The second-order valence-electron chi connectivity index (χ2n) is 5.38. The van der Waals surface area contributed by atoms with Crippen LogP contribution in [0.5, 0.6) is 0 Å². The van der Waals surface area contributed by atoms with Crippen molar-refractivity contribution in [2.45, 2.75) is 19.5 Å². The second-order valence-corrected chi connectivity index (χ2v) is 5.38. The van der Waals surface area contributed by atoms with Crippen LogP contribution in [0, 0.1) is 0 Å². The zero-order valence-corrected chi connectivity index (χ0v) is 12.8. The van der Waals surface area contributed by atoms with E-state index in [1.54, 1.807) is 22.9 Å². The van der Waals surface area contributed by atoms with E-state index >= 15 is 0 Å². The largest absolute Gasteiger partial charge is 0.348 e. The number of rotatable bonds is 4. The molecule has 0 aliphatic carbocycles. The highest BCUT2D eigenvalue weighted by Gasteiger charge is 2.11. The monoisotopic (exact) mass is 307 g/mol. The highest BCUT2D eigenvalue weighted by atomic mass is 16.2. The summed E-state index contributed by atoms with van der Waals surface area (Å²) in [4.78, 5) is 24.1. The van der Waals surface area contributed by atoms with Crippen LogP contribution in [0.3, 0.4) is 0 Å². The normalized spacial score (nSPS) is 12.0. The molecule has 1 atom stereocenters. The summed E-state index contributed by atoms with van der Waals surface area (Å²) < 4.78 is 1.55. The molecule has 1 aromatic heterocycles.